The standard InChI is InChI=1S/C14H12F2N2O2/c15-9-2-1-3-11(6-9)20-8-14(19)18-13-5-4-10(16)7-12(13)17/h1-7H,8,17H2,(H,18,19). The van der Waals surface area contributed by atoms with Crippen molar-refractivity contribution < 1.29 is 18.3 Å². The van der Waals surface area contributed by atoms with Gasteiger partial charge in [0.05, 0.1) is 11.4 Å². The maximum absolute atomic E-state index is 12.9. The second-order valence-electron chi connectivity index (χ2n) is 4.03. The maximum Gasteiger partial charge on any atom is 0.262 e. The summed E-state index contributed by atoms with van der Waals surface area (Å²) in [6.45, 7) is -0.305. The molecule has 3 N–H and O–H groups in total. The number of nitrogens with two attached hydrogens (primary N) is 1. The van der Waals surface area contributed by atoms with Crippen LogP contribution in [0.1, 0.15) is 0 Å². The SMILES string of the molecule is Nc1cc(F)ccc1NC(=O)COc1cccc(F)c1. The van der Waals surface area contributed by atoms with Gasteiger partial charge in [0, 0.05) is 6.07 Å². The minimum Gasteiger partial charge on any atom is -0.484 e. The minimum absolute atomic E-state index is 0.115. The van der Waals surface area contributed by atoms with E-state index in [0.717, 1.165) is 6.07 Å². The molecule has 2 aromatic carbocycles. The lowest BCUT2D eigenvalue weighted by atomic mass is 10.2. The monoisotopic (exact) mass is 278 g/mol. The van der Waals surface area contributed by atoms with E-state index in [1.54, 1.807) is 0 Å². The average Bonchev–Trinajstić information content (AvgIpc) is 2.40. The summed E-state index contributed by atoms with van der Waals surface area (Å²) < 4.78 is 30.9. The molecule has 0 aliphatic carbocycles. The number of rotatable bonds is 4. The van der Waals surface area contributed by atoms with Gasteiger partial charge in [-0.2, -0.15) is 0 Å². The van der Waals surface area contributed by atoms with Gasteiger partial charge < -0.3 is 15.8 Å². The van der Waals surface area contributed by atoms with E-state index in [0.29, 0.717) is 5.69 Å². The molecule has 1 amide bonds. The molecule has 104 valence electrons. The number of anilines is 2. The summed E-state index contributed by atoms with van der Waals surface area (Å²) in [5.74, 6) is -1.18. The molecule has 2 aromatic rings. The van der Waals surface area contributed by atoms with E-state index >= 15 is 0 Å². The van der Waals surface area contributed by atoms with Gasteiger partial charge in [-0.05, 0) is 30.3 Å². The molecule has 0 fully saturated rings. The van der Waals surface area contributed by atoms with Crippen LogP contribution in [0.3, 0.4) is 0 Å². The highest BCUT2D eigenvalue weighted by molar-refractivity contribution is 5.94. The number of ether oxygens (including phenoxy) is 1. The summed E-state index contributed by atoms with van der Waals surface area (Å²) >= 11 is 0. The Balaban J connectivity index is 1.92. The van der Waals surface area contributed by atoms with Crippen molar-refractivity contribution in [1.29, 1.82) is 0 Å². The Bertz CT molecular complexity index is 632. The third kappa shape index (κ3) is 3.68. The lowest BCUT2D eigenvalue weighted by molar-refractivity contribution is -0.118. The molecule has 2 rings (SSSR count). The Kier molecular flexibility index (Phi) is 4.14. The van der Waals surface area contributed by atoms with Crippen molar-refractivity contribution in [2.24, 2.45) is 0 Å². The number of nitrogens with one attached hydrogen (secondary N) is 1. The third-order valence-electron chi connectivity index (χ3n) is 2.45. The Morgan fingerprint density at radius 3 is 2.60 bits per heavy atom. The molecule has 4 nitrogen and oxygen atoms in total. The van der Waals surface area contributed by atoms with Crippen LogP contribution in [0.15, 0.2) is 42.5 Å². The number of carbonyl (C=O) groups excluding carboxylic acids is 1. The van der Waals surface area contributed by atoms with Gasteiger partial charge in [-0.25, -0.2) is 8.78 Å². The van der Waals surface area contributed by atoms with Crippen LogP contribution in [0.25, 0.3) is 0 Å². The van der Waals surface area contributed by atoms with Crippen LogP contribution in [0.4, 0.5) is 20.2 Å². The Morgan fingerprint density at radius 1 is 1.15 bits per heavy atom. The zero-order valence-corrected chi connectivity index (χ0v) is 10.4. The molecular weight excluding hydrogens is 266 g/mol. The quantitative estimate of drug-likeness (QED) is 0.845. The van der Waals surface area contributed by atoms with Crippen LogP contribution in [-0.4, -0.2) is 12.5 Å². The molecule has 0 bridgehead atoms. The van der Waals surface area contributed by atoms with Crippen LogP contribution in [-0.2, 0) is 4.79 Å². The first-order valence-electron chi connectivity index (χ1n) is 5.78. The summed E-state index contributed by atoms with van der Waals surface area (Å²) in [5, 5.41) is 2.47. The second kappa shape index (κ2) is 6.01. The predicted molar refractivity (Wildman–Crippen MR) is 71.3 cm³/mol. The molecule has 20 heavy (non-hydrogen) atoms. The zero-order valence-electron chi connectivity index (χ0n) is 10.4. The molecule has 0 spiro atoms. The van der Waals surface area contributed by atoms with Crippen molar-refractivity contribution in [3.05, 3.63) is 54.1 Å². The van der Waals surface area contributed by atoms with Crippen molar-refractivity contribution in [2.75, 3.05) is 17.7 Å². The molecule has 0 aliphatic heterocycles. The van der Waals surface area contributed by atoms with Gasteiger partial charge in [0.15, 0.2) is 6.61 Å². The highest BCUT2D eigenvalue weighted by atomic mass is 19.1. The lowest BCUT2D eigenvalue weighted by Gasteiger charge is -2.09. The summed E-state index contributed by atoms with van der Waals surface area (Å²) in [5.41, 5.74) is 5.96. The second-order valence-corrected chi connectivity index (χ2v) is 4.03. The first kappa shape index (κ1) is 13.8. The van der Waals surface area contributed by atoms with Gasteiger partial charge in [-0.3, -0.25) is 4.79 Å². The minimum atomic E-state index is -0.489. The van der Waals surface area contributed by atoms with Crippen molar-refractivity contribution in [3.63, 3.8) is 0 Å². The largest absolute Gasteiger partial charge is 0.484 e. The fourth-order valence-corrected chi connectivity index (χ4v) is 1.54. The molecule has 0 saturated heterocycles. The molecule has 0 saturated carbocycles. The Labute approximate surface area is 114 Å². The van der Waals surface area contributed by atoms with Gasteiger partial charge in [0.2, 0.25) is 0 Å². The van der Waals surface area contributed by atoms with Gasteiger partial charge in [0.25, 0.3) is 5.91 Å². The van der Waals surface area contributed by atoms with Gasteiger partial charge in [-0.1, -0.05) is 6.07 Å². The van der Waals surface area contributed by atoms with Gasteiger partial charge >= 0.3 is 0 Å². The number of nitrogen functional groups attached to an aromatic ring is 1. The van der Waals surface area contributed by atoms with E-state index in [1.807, 2.05) is 0 Å². The molecular formula is C14H12F2N2O2. The predicted octanol–water partition coefficient (Wildman–Crippen LogP) is 2.56. The van der Waals surface area contributed by atoms with Crippen LogP contribution in [0.2, 0.25) is 0 Å². The number of hydrogen-bond donors (Lipinski definition) is 2. The van der Waals surface area contributed by atoms with E-state index in [4.69, 9.17) is 10.5 Å². The molecule has 0 aliphatic rings. The molecule has 0 heterocycles. The van der Waals surface area contributed by atoms with Crippen LogP contribution in [0, 0.1) is 11.6 Å². The average molecular weight is 278 g/mol. The highest BCUT2D eigenvalue weighted by Gasteiger charge is 2.07. The van der Waals surface area contributed by atoms with Crippen molar-refractivity contribution in [2.45, 2.75) is 0 Å². The number of amides is 1. The van der Waals surface area contributed by atoms with E-state index in [9.17, 15) is 13.6 Å². The fourth-order valence-electron chi connectivity index (χ4n) is 1.54. The smallest absolute Gasteiger partial charge is 0.262 e. The van der Waals surface area contributed by atoms with Crippen molar-refractivity contribution in [1.82, 2.24) is 0 Å². The lowest BCUT2D eigenvalue weighted by Crippen LogP contribution is -2.20. The number of benzene rings is 2. The Hall–Kier alpha value is -2.63. The number of hydrogen-bond acceptors (Lipinski definition) is 3. The third-order valence-corrected chi connectivity index (χ3v) is 2.45. The highest BCUT2D eigenvalue weighted by Crippen LogP contribution is 2.19. The van der Waals surface area contributed by atoms with E-state index in [1.165, 1.54) is 36.4 Å². The number of carbonyl (C=O) groups is 1. The zero-order chi connectivity index (χ0) is 14.5. The Morgan fingerprint density at radius 2 is 1.90 bits per heavy atom. The summed E-state index contributed by atoms with van der Waals surface area (Å²) in [6.07, 6.45) is 0. The van der Waals surface area contributed by atoms with Crippen molar-refractivity contribution >= 4 is 17.3 Å². The van der Waals surface area contributed by atoms with E-state index in [2.05, 4.69) is 5.32 Å². The number of halogens is 2. The molecule has 0 aromatic heterocycles. The van der Waals surface area contributed by atoms with Gasteiger partial charge in [-0.15, -0.1) is 0 Å². The summed E-state index contributed by atoms with van der Waals surface area (Å²) in [7, 11) is 0. The topological polar surface area (TPSA) is 64.3 Å². The van der Waals surface area contributed by atoms with Gasteiger partial charge in [0.1, 0.15) is 17.4 Å². The fraction of sp³-hybridized carbons (Fsp3) is 0.0714. The van der Waals surface area contributed by atoms with E-state index < -0.39 is 17.5 Å². The van der Waals surface area contributed by atoms with Crippen LogP contribution in [0.5, 0.6) is 5.75 Å². The summed E-state index contributed by atoms with van der Waals surface area (Å²) in [4.78, 5) is 11.6. The summed E-state index contributed by atoms with van der Waals surface area (Å²) in [6, 6.07) is 9.07. The normalized spacial score (nSPS) is 10.1. The molecule has 0 radical (unpaired) electrons. The molecule has 0 unspecified atom stereocenters. The first-order chi connectivity index (χ1) is 9.54. The molecule has 0 atom stereocenters. The van der Waals surface area contributed by atoms with E-state index in [-0.39, 0.29) is 18.0 Å². The maximum atomic E-state index is 12.9. The van der Waals surface area contributed by atoms with Crippen LogP contribution < -0.4 is 15.8 Å². The molecule has 6 heteroatoms. The van der Waals surface area contributed by atoms with Crippen molar-refractivity contribution in [3.8, 4) is 5.75 Å². The van der Waals surface area contributed by atoms with Crippen LogP contribution >= 0.6 is 0 Å². The first-order valence-corrected chi connectivity index (χ1v) is 5.78.